The van der Waals surface area contributed by atoms with Crippen molar-refractivity contribution >= 4 is 0 Å². The van der Waals surface area contributed by atoms with Crippen LogP contribution in [0.1, 0.15) is 72.2 Å². The van der Waals surface area contributed by atoms with Crippen molar-refractivity contribution in [2.75, 3.05) is 0 Å². The van der Waals surface area contributed by atoms with Crippen LogP contribution >= 0.6 is 0 Å². The van der Waals surface area contributed by atoms with Crippen LogP contribution in [0.2, 0.25) is 0 Å². The van der Waals surface area contributed by atoms with E-state index in [1.54, 1.807) is 12.1 Å². The Balaban J connectivity index is 1.78. The molecule has 0 atom stereocenters. The van der Waals surface area contributed by atoms with Crippen molar-refractivity contribution in [3.05, 3.63) is 88.0 Å². The van der Waals surface area contributed by atoms with Gasteiger partial charge in [-0.05, 0) is 55.0 Å². The van der Waals surface area contributed by atoms with E-state index < -0.39 is 0 Å². The van der Waals surface area contributed by atoms with Gasteiger partial charge in [-0.3, -0.25) is 4.98 Å². The zero-order valence-electron chi connectivity index (χ0n) is 19.0. The maximum atomic E-state index is 13.7. The van der Waals surface area contributed by atoms with Crippen LogP contribution in [0.3, 0.4) is 0 Å². The Kier molecular flexibility index (Phi) is 7.33. The lowest BCUT2D eigenvalue weighted by atomic mass is 9.88. The van der Waals surface area contributed by atoms with Crippen LogP contribution in [0.5, 0.6) is 0 Å². The number of aromatic nitrogens is 1. The number of halogens is 1. The first-order valence-corrected chi connectivity index (χ1v) is 11.6. The molecule has 1 N–H and O–H groups in total. The third-order valence-corrected chi connectivity index (χ3v) is 6.48. The Bertz CT molecular complexity index is 1060. The second kappa shape index (κ2) is 10.4. The van der Waals surface area contributed by atoms with Crippen molar-refractivity contribution in [1.82, 2.24) is 4.98 Å². The number of rotatable bonds is 8. The molecule has 0 unspecified atom stereocenters. The topological polar surface area (TPSA) is 42.4 Å². The largest absolute Gasteiger partial charge is 0.392 e. The molecule has 0 spiro atoms. The van der Waals surface area contributed by atoms with Crippen LogP contribution in [0.15, 0.2) is 48.5 Å². The SMILES string of the molecule is CCc1nc(C2CCCC2)c(COCc2cccc(C)c2)c(-c2ccc(F)cc2)c1CO. The highest BCUT2D eigenvalue weighted by molar-refractivity contribution is 5.73. The monoisotopic (exact) mass is 433 g/mol. The lowest BCUT2D eigenvalue weighted by molar-refractivity contribution is 0.106. The summed E-state index contributed by atoms with van der Waals surface area (Å²) in [6.07, 6.45) is 5.43. The first-order valence-electron chi connectivity index (χ1n) is 11.6. The number of aliphatic hydroxyl groups excluding tert-OH is 1. The highest BCUT2D eigenvalue weighted by Gasteiger charge is 2.27. The molecule has 0 bridgehead atoms. The van der Waals surface area contributed by atoms with Gasteiger partial charge in [-0.15, -0.1) is 0 Å². The Labute approximate surface area is 190 Å². The molecule has 4 rings (SSSR count). The maximum absolute atomic E-state index is 13.7. The number of aryl methyl sites for hydroxylation is 2. The highest BCUT2D eigenvalue weighted by atomic mass is 19.1. The zero-order chi connectivity index (χ0) is 22.5. The van der Waals surface area contributed by atoms with E-state index in [1.165, 1.54) is 30.5 Å². The summed E-state index contributed by atoms with van der Waals surface area (Å²) >= 11 is 0. The molecule has 1 aromatic heterocycles. The summed E-state index contributed by atoms with van der Waals surface area (Å²) in [5.74, 6) is 0.141. The van der Waals surface area contributed by atoms with E-state index in [2.05, 4.69) is 32.0 Å². The summed E-state index contributed by atoms with van der Waals surface area (Å²) in [6.45, 7) is 4.98. The lowest BCUT2D eigenvalue weighted by Gasteiger charge is -2.23. The van der Waals surface area contributed by atoms with Crippen molar-refractivity contribution in [3.63, 3.8) is 0 Å². The molecule has 0 amide bonds. The second-order valence-electron chi connectivity index (χ2n) is 8.76. The fourth-order valence-electron chi connectivity index (χ4n) is 4.92. The number of hydrogen-bond donors (Lipinski definition) is 1. The van der Waals surface area contributed by atoms with E-state index in [4.69, 9.17) is 9.72 Å². The van der Waals surface area contributed by atoms with E-state index in [-0.39, 0.29) is 12.4 Å². The third-order valence-electron chi connectivity index (χ3n) is 6.48. The number of pyridine rings is 1. The minimum atomic E-state index is -0.266. The molecule has 0 aliphatic heterocycles. The van der Waals surface area contributed by atoms with Gasteiger partial charge in [0, 0.05) is 28.4 Å². The van der Waals surface area contributed by atoms with Crippen LogP contribution in [0, 0.1) is 12.7 Å². The van der Waals surface area contributed by atoms with Crippen molar-refractivity contribution in [1.29, 1.82) is 0 Å². The molecule has 0 saturated heterocycles. The fourth-order valence-corrected chi connectivity index (χ4v) is 4.92. The Morgan fingerprint density at radius 1 is 1.03 bits per heavy atom. The second-order valence-corrected chi connectivity index (χ2v) is 8.76. The normalized spacial score (nSPS) is 14.2. The summed E-state index contributed by atoms with van der Waals surface area (Å²) in [5.41, 5.74) is 8.10. The molecule has 1 heterocycles. The Hall–Kier alpha value is -2.56. The summed E-state index contributed by atoms with van der Waals surface area (Å²) in [7, 11) is 0. The number of hydrogen-bond acceptors (Lipinski definition) is 3. The molecule has 168 valence electrons. The van der Waals surface area contributed by atoms with Gasteiger partial charge in [-0.1, -0.05) is 61.7 Å². The van der Waals surface area contributed by atoms with E-state index in [0.717, 1.165) is 58.5 Å². The zero-order valence-corrected chi connectivity index (χ0v) is 19.0. The van der Waals surface area contributed by atoms with Crippen LogP contribution in [-0.2, 0) is 31.0 Å². The van der Waals surface area contributed by atoms with Crippen LogP contribution in [0.4, 0.5) is 4.39 Å². The number of nitrogens with zero attached hydrogens (tertiary/aromatic N) is 1. The van der Waals surface area contributed by atoms with Gasteiger partial charge >= 0.3 is 0 Å². The smallest absolute Gasteiger partial charge is 0.123 e. The third kappa shape index (κ3) is 4.92. The lowest BCUT2D eigenvalue weighted by Crippen LogP contribution is -2.13. The molecule has 1 aliphatic rings. The molecular formula is C28H32FNO2. The summed E-state index contributed by atoms with van der Waals surface area (Å²) in [6, 6.07) is 14.9. The van der Waals surface area contributed by atoms with Gasteiger partial charge < -0.3 is 9.84 Å². The van der Waals surface area contributed by atoms with Gasteiger partial charge in [0.15, 0.2) is 0 Å². The number of ether oxygens (including phenoxy) is 1. The van der Waals surface area contributed by atoms with Gasteiger partial charge in [0.05, 0.1) is 19.8 Å². The van der Waals surface area contributed by atoms with Crippen LogP contribution in [-0.4, -0.2) is 10.1 Å². The Morgan fingerprint density at radius 2 is 1.78 bits per heavy atom. The molecule has 1 saturated carbocycles. The van der Waals surface area contributed by atoms with Crippen molar-refractivity contribution < 1.29 is 14.2 Å². The predicted molar refractivity (Wildman–Crippen MR) is 126 cm³/mol. The van der Waals surface area contributed by atoms with E-state index in [9.17, 15) is 9.50 Å². The molecule has 0 radical (unpaired) electrons. The number of benzene rings is 2. The van der Waals surface area contributed by atoms with Gasteiger partial charge in [-0.25, -0.2) is 4.39 Å². The fraction of sp³-hybridized carbons (Fsp3) is 0.393. The molecular weight excluding hydrogens is 401 g/mol. The molecule has 1 fully saturated rings. The molecule has 4 heteroatoms. The molecule has 1 aliphatic carbocycles. The average Bonchev–Trinajstić information content (AvgIpc) is 3.34. The first-order chi connectivity index (χ1) is 15.6. The molecule has 32 heavy (non-hydrogen) atoms. The van der Waals surface area contributed by atoms with Crippen molar-refractivity contribution in [3.8, 4) is 11.1 Å². The van der Waals surface area contributed by atoms with Gasteiger partial charge in [0.1, 0.15) is 5.82 Å². The number of aliphatic hydroxyl groups is 1. The minimum Gasteiger partial charge on any atom is -0.392 e. The van der Waals surface area contributed by atoms with E-state index in [1.807, 2.05) is 6.07 Å². The van der Waals surface area contributed by atoms with Gasteiger partial charge in [-0.2, -0.15) is 0 Å². The van der Waals surface area contributed by atoms with Gasteiger partial charge in [0.2, 0.25) is 0 Å². The van der Waals surface area contributed by atoms with Crippen molar-refractivity contribution in [2.45, 2.75) is 71.7 Å². The Morgan fingerprint density at radius 3 is 2.44 bits per heavy atom. The summed E-state index contributed by atoms with van der Waals surface area (Å²) in [4.78, 5) is 5.07. The highest BCUT2D eigenvalue weighted by Crippen LogP contribution is 2.40. The first kappa shape index (κ1) is 22.6. The molecule has 3 aromatic rings. The van der Waals surface area contributed by atoms with Crippen LogP contribution in [0.25, 0.3) is 11.1 Å². The summed E-state index contributed by atoms with van der Waals surface area (Å²) < 4.78 is 19.9. The summed E-state index contributed by atoms with van der Waals surface area (Å²) in [5, 5.41) is 10.3. The van der Waals surface area contributed by atoms with Crippen molar-refractivity contribution in [2.24, 2.45) is 0 Å². The van der Waals surface area contributed by atoms with E-state index in [0.29, 0.717) is 19.1 Å². The minimum absolute atomic E-state index is 0.0985. The molecule has 2 aromatic carbocycles. The predicted octanol–water partition coefficient (Wildman–Crippen LogP) is 6.63. The average molecular weight is 434 g/mol. The van der Waals surface area contributed by atoms with Crippen LogP contribution < -0.4 is 0 Å². The van der Waals surface area contributed by atoms with Gasteiger partial charge in [0.25, 0.3) is 0 Å². The standard InChI is InChI=1S/C28H32FNO2/c1-3-26-24(16-31)27(21-11-13-23(29)14-12-21)25(28(30-26)22-9-4-5-10-22)18-32-17-20-8-6-7-19(2)15-20/h6-8,11-15,22,31H,3-5,9-10,16-18H2,1-2H3. The maximum Gasteiger partial charge on any atom is 0.123 e. The quantitative estimate of drug-likeness (QED) is 0.434. The van der Waals surface area contributed by atoms with E-state index >= 15 is 0 Å². The molecule has 3 nitrogen and oxygen atoms in total.